The molecule has 0 spiro atoms. The first-order chi connectivity index (χ1) is 17.5. The molecule has 0 aliphatic carbocycles. The smallest absolute Gasteiger partial charge is 0.408 e. The van der Waals surface area contributed by atoms with Gasteiger partial charge in [-0.25, -0.2) is 14.4 Å². The molecule has 0 aromatic heterocycles. The lowest BCUT2D eigenvalue weighted by molar-refractivity contribution is -0.147. The van der Waals surface area contributed by atoms with Crippen LogP contribution in [0.5, 0.6) is 0 Å². The van der Waals surface area contributed by atoms with Crippen LogP contribution in [-0.4, -0.2) is 72.7 Å². The van der Waals surface area contributed by atoms with Crippen molar-refractivity contribution in [1.82, 2.24) is 16.0 Å². The highest BCUT2D eigenvalue weighted by molar-refractivity contribution is 5.93. The highest BCUT2D eigenvalue weighted by Crippen LogP contribution is 2.09. The van der Waals surface area contributed by atoms with Crippen LogP contribution in [0.4, 0.5) is 4.79 Å². The molecule has 0 saturated heterocycles. The molecular formula is C25H42N4O9. The van der Waals surface area contributed by atoms with Gasteiger partial charge in [0.2, 0.25) is 17.7 Å². The molecule has 4 amide bonds. The summed E-state index contributed by atoms with van der Waals surface area (Å²) in [6, 6.07) is -3.32. The van der Waals surface area contributed by atoms with E-state index in [1.165, 1.54) is 13.0 Å². The van der Waals surface area contributed by atoms with Crippen molar-refractivity contribution in [3.63, 3.8) is 0 Å². The molecule has 0 fully saturated rings. The molecule has 13 heteroatoms. The van der Waals surface area contributed by atoms with Gasteiger partial charge in [0.15, 0.2) is 0 Å². The van der Waals surface area contributed by atoms with Crippen LogP contribution in [0.2, 0.25) is 0 Å². The number of rotatable bonds is 15. The minimum absolute atomic E-state index is 0.0239. The number of nitrogens with two attached hydrogens (primary N) is 1. The fourth-order valence-corrected chi connectivity index (χ4v) is 2.92. The second-order valence-corrected chi connectivity index (χ2v) is 9.91. The summed E-state index contributed by atoms with van der Waals surface area (Å²) in [4.78, 5) is 72.9. The Kier molecular flexibility index (Phi) is 15.4. The molecule has 3 atom stereocenters. The summed E-state index contributed by atoms with van der Waals surface area (Å²) in [5.41, 5.74) is 4.43. The van der Waals surface area contributed by atoms with Gasteiger partial charge in [0.25, 0.3) is 0 Å². The number of alkyl carbamates (subject to hydrolysis) is 1. The largest absolute Gasteiger partial charge is 0.463 e. The Hall–Kier alpha value is -3.64. The quantitative estimate of drug-likeness (QED) is 0.132. The summed E-state index contributed by atoms with van der Waals surface area (Å²) >= 11 is 0. The Morgan fingerprint density at radius 3 is 2.03 bits per heavy atom. The number of esters is 2. The van der Waals surface area contributed by atoms with Crippen LogP contribution in [0, 0.1) is 5.92 Å². The predicted molar refractivity (Wildman–Crippen MR) is 137 cm³/mol. The number of carbonyl (C=O) groups excluding carboxylic acids is 6. The lowest BCUT2D eigenvalue weighted by Gasteiger charge is -2.25. The highest BCUT2D eigenvalue weighted by Gasteiger charge is 2.30. The van der Waals surface area contributed by atoms with E-state index >= 15 is 0 Å². The van der Waals surface area contributed by atoms with E-state index in [0.29, 0.717) is 0 Å². The van der Waals surface area contributed by atoms with Gasteiger partial charge in [0.05, 0.1) is 6.61 Å². The maximum Gasteiger partial charge on any atom is 0.408 e. The van der Waals surface area contributed by atoms with Gasteiger partial charge in [-0.15, -0.1) is 0 Å². The van der Waals surface area contributed by atoms with Crippen LogP contribution in [0.25, 0.3) is 0 Å². The van der Waals surface area contributed by atoms with E-state index in [1.807, 2.05) is 13.8 Å². The third-order valence-electron chi connectivity index (χ3n) is 4.61. The van der Waals surface area contributed by atoms with Crippen LogP contribution < -0.4 is 21.7 Å². The Balaban J connectivity index is 5.36. The SMILES string of the molecule is CCOC(=O)/C=C/COC(=O)[C@H](CCC(N)=O)NC(=O)[C@H](CC(C)C)NC(=O)[C@H](C)NC(=O)OC(C)(C)C. The molecule has 0 aromatic carbocycles. The zero-order chi connectivity index (χ0) is 29.5. The van der Waals surface area contributed by atoms with Gasteiger partial charge in [-0.1, -0.05) is 13.8 Å². The van der Waals surface area contributed by atoms with Crippen LogP contribution >= 0.6 is 0 Å². The minimum atomic E-state index is -1.24. The molecule has 0 aliphatic heterocycles. The van der Waals surface area contributed by atoms with Gasteiger partial charge >= 0.3 is 18.0 Å². The normalized spacial score (nSPS) is 13.7. The number of hydrogen-bond donors (Lipinski definition) is 4. The molecule has 0 heterocycles. The summed E-state index contributed by atoms with van der Waals surface area (Å²) < 4.78 is 14.9. The number of carbonyl (C=O) groups is 6. The second-order valence-electron chi connectivity index (χ2n) is 9.91. The van der Waals surface area contributed by atoms with Crippen LogP contribution in [0.3, 0.4) is 0 Å². The molecule has 13 nitrogen and oxygen atoms in total. The molecule has 5 N–H and O–H groups in total. The Morgan fingerprint density at radius 2 is 1.50 bits per heavy atom. The number of nitrogens with one attached hydrogen (secondary N) is 3. The van der Waals surface area contributed by atoms with Crippen LogP contribution in [0.15, 0.2) is 12.2 Å². The lowest BCUT2D eigenvalue weighted by Crippen LogP contribution is -2.56. The van der Waals surface area contributed by atoms with Gasteiger partial charge in [0.1, 0.15) is 30.3 Å². The summed E-state index contributed by atoms with van der Waals surface area (Å²) in [5.74, 6) is -3.51. The highest BCUT2D eigenvalue weighted by atomic mass is 16.6. The molecule has 0 unspecified atom stereocenters. The number of ether oxygens (including phenoxy) is 3. The van der Waals surface area contributed by atoms with Crippen molar-refractivity contribution < 1.29 is 43.0 Å². The van der Waals surface area contributed by atoms with Crippen molar-refractivity contribution in [3.05, 3.63) is 12.2 Å². The van der Waals surface area contributed by atoms with Crippen molar-refractivity contribution in [2.75, 3.05) is 13.2 Å². The van der Waals surface area contributed by atoms with Crippen LogP contribution in [-0.2, 0) is 38.2 Å². The Bertz CT molecular complexity index is 865. The molecular weight excluding hydrogens is 500 g/mol. The molecule has 0 aromatic rings. The van der Waals surface area contributed by atoms with E-state index < -0.39 is 59.5 Å². The zero-order valence-corrected chi connectivity index (χ0v) is 23.3. The third-order valence-corrected chi connectivity index (χ3v) is 4.61. The molecule has 0 radical (unpaired) electrons. The molecule has 0 aliphatic rings. The van der Waals surface area contributed by atoms with Crippen molar-refractivity contribution >= 4 is 35.8 Å². The first-order valence-electron chi connectivity index (χ1n) is 12.4. The van der Waals surface area contributed by atoms with Gasteiger partial charge in [-0.2, -0.15) is 0 Å². The summed E-state index contributed by atoms with van der Waals surface area (Å²) in [5, 5.41) is 7.47. The second kappa shape index (κ2) is 17.0. The van der Waals surface area contributed by atoms with E-state index in [4.69, 9.17) is 19.9 Å². The topological polar surface area (TPSA) is 192 Å². The van der Waals surface area contributed by atoms with E-state index in [2.05, 4.69) is 16.0 Å². The fraction of sp³-hybridized carbons (Fsp3) is 0.680. The minimum Gasteiger partial charge on any atom is -0.463 e. The van der Waals surface area contributed by atoms with Crippen molar-refractivity contribution in [2.24, 2.45) is 11.7 Å². The molecule has 0 bridgehead atoms. The summed E-state index contributed by atoms with van der Waals surface area (Å²) in [6.07, 6.45) is 1.43. The van der Waals surface area contributed by atoms with Gasteiger partial charge < -0.3 is 35.9 Å². The van der Waals surface area contributed by atoms with Crippen LogP contribution in [0.1, 0.15) is 67.7 Å². The zero-order valence-electron chi connectivity index (χ0n) is 23.3. The lowest BCUT2D eigenvalue weighted by atomic mass is 10.0. The number of amides is 4. The monoisotopic (exact) mass is 542 g/mol. The molecule has 216 valence electrons. The molecule has 0 saturated carbocycles. The maximum absolute atomic E-state index is 13.1. The van der Waals surface area contributed by atoms with Gasteiger partial charge in [-0.3, -0.25) is 14.4 Å². The third kappa shape index (κ3) is 16.2. The average molecular weight is 543 g/mol. The Labute approximate surface area is 223 Å². The maximum atomic E-state index is 13.1. The first kappa shape index (κ1) is 34.4. The van der Waals surface area contributed by atoms with E-state index in [0.717, 1.165) is 6.08 Å². The summed E-state index contributed by atoms with van der Waals surface area (Å²) in [6.45, 7) is 11.7. The average Bonchev–Trinajstić information content (AvgIpc) is 2.76. The standard InChI is InChI=1S/C25H42N4O9/c1-8-36-20(31)10-9-13-37-23(34)17(11-12-19(26)30)28-22(33)18(14-15(2)3)29-21(32)16(4)27-24(35)38-25(5,6)7/h9-10,15-18H,8,11-14H2,1-7H3,(H2,26,30)(H,27,35)(H,28,33)(H,29,32)/b10-9+/t16-,17-,18-/m0/s1. The van der Waals surface area contributed by atoms with Crippen molar-refractivity contribution in [3.8, 4) is 0 Å². The Morgan fingerprint density at radius 1 is 0.895 bits per heavy atom. The predicted octanol–water partition coefficient (Wildman–Crippen LogP) is 0.843. The molecule has 38 heavy (non-hydrogen) atoms. The van der Waals surface area contributed by atoms with Crippen molar-refractivity contribution in [1.29, 1.82) is 0 Å². The first-order valence-corrected chi connectivity index (χ1v) is 12.4. The van der Waals surface area contributed by atoms with E-state index in [1.54, 1.807) is 27.7 Å². The van der Waals surface area contributed by atoms with E-state index in [-0.39, 0.29) is 38.4 Å². The van der Waals surface area contributed by atoms with Crippen molar-refractivity contribution in [2.45, 2.75) is 91.5 Å². The summed E-state index contributed by atoms with van der Waals surface area (Å²) in [7, 11) is 0. The number of primary amides is 1. The fourth-order valence-electron chi connectivity index (χ4n) is 2.92. The number of hydrogen-bond acceptors (Lipinski definition) is 9. The van der Waals surface area contributed by atoms with E-state index in [9.17, 15) is 28.8 Å². The van der Waals surface area contributed by atoms with Gasteiger partial charge in [-0.05, 0) is 59.5 Å². The van der Waals surface area contributed by atoms with Gasteiger partial charge in [0, 0.05) is 12.5 Å². The molecule has 0 rings (SSSR count).